The lowest BCUT2D eigenvalue weighted by Gasteiger charge is -2.31. The summed E-state index contributed by atoms with van der Waals surface area (Å²) in [5, 5.41) is 28.1. The number of H-pyrrole nitrogens is 1. The number of aliphatic carboxylic acids is 1. The second-order valence-electron chi connectivity index (χ2n) is 18.9. The van der Waals surface area contributed by atoms with Crippen LogP contribution in [0.25, 0.3) is 0 Å². The molecule has 388 valence electrons. The van der Waals surface area contributed by atoms with Crippen molar-refractivity contribution >= 4 is 59.5 Å². The van der Waals surface area contributed by atoms with Crippen molar-refractivity contribution in [2.45, 2.75) is 168 Å². The molecule has 0 radical (unpaired) electrons. The van der Waals surface area contributed by atoms with Gasteiger partial charge in [-0.3, -0.25) is 43.2 Å². The average Bonchev–Trinajstić information content (AvgIpc) is 4.01. The first-order valence-electron chi connectivity index (χ1n) is 24.0. The summed E-state index contributed by atoms with van der Waals surface area (Å²) in [6.07, 6.45) is 4.82. The van der Waals surface area contributed by atoms with Crippen molar-refractivity contribution in [1.29, 1.82) is 0 Å². The van der Waals surface area contributed by atoms with Crippen molar-refractivity contribution in [2.24, 2.45) is 35.1 Å². The number of likely N-dealkylation sites (tertiary alicyclic amines) is 1. The predicted octanol–water partition coefficient (Wildman–Crippen LogP) is -1.11. The first kappa shape index (κ1) is 59.2. The number of nitrogens with zero attached hydrogens (tertiary/aromatic N) is 2. The van der Waals surface area contributed by atoms with Gasteiger partial charge < -0.3 is 68.5 Å². The van der Waals surface area contributed by atoms with Crippen LogP contribution in [0, 0.1) is 23.7 Å². The number of carboxylic acids is 1. The lowest BCUT2D eigenvalue weighted by atomic mass is 9.97. The Morgan fingerprint density at radius 2 is 1.45 bits per heavy atom. The minimum atomic E-state index is -1.45. The Bertz CT molecular complexity index is 1880. The largest absolute Gasteiger partial charge is 0.481 e. The van der Waals surface area contributed by atoms with Crippen molar-refractivity contribution in [2.75, 3.05) is 19.6 Å². The Morgan fingerprint density at radius 1 is 0.812 bits per heavy atom. The maximum absolute atomic E-state index is 14.3. The van der Waals surface area contributed by atoms with E-state index in [1.165, 1.54) is 17.4 Å². The number of amides is 8. The summed E-state index contributed by atoms with van der Waals surface area (Å²) in [5.74, 6) is -7.74. The van der Waals surface area contributed by atoms with E-state index in [0.717, 1.165) is 0 Å². The van der Waals surface area contributed by atoms with Gasteiger partial charge in [0, 0.05) is 31.3 Å². The number of rotatable bonds is 31. The fourth-order valence-electron chi connectivity index (χ4n) is 7.57. The fourth-order valence-corrected chi connectivity index (χ4v) is 7.57. The molecule has 0 spiro atoms. The van der Waals surface area contributed by atoms with Gasteiger partial charge in [-0.2, -0.15) is 0 Å². The Morgan fingerprint density at radius 3 is 2.01 bits per heavy atom. The highest BCUT2D eigenvalue weighted by Gasteiger charge is 2.41. The third-order valence-electron chi connectivity index (χ3n) is 12.1. The molecule has 0 aromatic carbocycles. The number of hydrogen-bond donors (Lipinski definition) is 11. The van der Waals surface area contributed by atoms with E-state index in [1.807, 2.05) is 27.7 Å². The summed E-state index contributed by atoms with van der Waals surface area (Å²) in [5.41, 5.74) is 12.4. The number of nitrogens with one attached hydrogen (secondary N) is 8. The SMILES string of the molecule is CC[C@H](C)[C@H](N)C(=O)N[C@@H](CC(C)C)C(=O)N[C@@H](CCCCN)C(=O)N[C@@H](CCC(=O)O)C(=O)N1CCC[C@H]1C(=O)N[C@H](C(=O)N[C@@H](Cc1cnc[nH]1)C(=O)NCC(=O)N[C@H](C=O)C(C)C)C(C)C. The molecular weight excluding hydrogens is 897 g/mol. The van der Waals surface area contributed by atoms with Gasteiger partial charge in [-0.1, -0.05) is 61.8 Å². The monoisotopic (exact) mass is 975 g/mol. The van der Waals surface area contributed by atoms with Gasteiger partial charge in [-0.25, -0.2) is 4.98 Å². The third kappa shape index (κ3) is 19.9. The molecule has 1 fully saturated rings. The van der Waals surface area contributed by atoms with Crippen LogP contribution >= 0.6 is 0 Å². The molecule has 69 heavy (non-hydrogen) atoms. The van der Waals surface area contributed by atoms with Crippen LogP contribution in [0.3, 0.4) is 0 Å². The molecule has 9 atom stereocenters. The van der Waals surface area contributed by atoms with Gasteiger partial charge in [0.15, 0.2) is 0 Å². The standard InChI is InChI=1S/C46H78N12O11/c1-9-28(8)38(48)44(67)55-32(19-25(2)3)42(65)53-30(13-10-11-17-47)41(64)54-31(15-16-37(61)62)46(69)58-18-12-14-35(58)43(66)57-39(27(6)7)45(68)56-33(20-29-21-49-24-51-29)40(63)50-22-36(60)52-34(23-59)26(4)5/h21,23-28,30-35,38-39H,9-20,22,47-48H2,1-8H3,(H,49,51)(H,50,63)(H,52,60)(H,53,65)(H,54,64)(H,55,67)(H,56,68)(H,57,66)(H,61,62)/t28-,30-,31-,32-,33-,34+,35-,38-,39-/m0/s1. The minimum absolute atomic E-state index is 0.0459. The van der Waals surface area contributed by atoms with Crippen molar-refractivity contribution in [3.05, 3.63) is 18.2 Å². The molecule has 23 nitrogen and oxygen atoms in total. The average molecular weight is 975 g/mol. The van der Waals surface area contributed by atoms with Gasteiger partial charge in [0.05, 0.1) is 25.0 Å². The number of aromatic amines is 1. The number of carbonyl (C=O) groups is 10. The number of imidazole rings is 1. The van der Waals surface area contributed by atoms with E-state index in [-0.39, 0.29) is 56.4 Å². The van der Waals surface area contributed by atoms with Gasteiger partial charge in [-0.05, 0) is 75.2 Å². The molecule has 0 saturated carbocycles. The van der Waals surface area contributed by atoms with E-state index < -0.39 is 120 Å². The van der Waals surface area contributed by atoms with Gasteiger partial charge >= 0.3 is 5.97 Å². The Labute approximate surface area is 404 Å². The summed E-state index contributed by atoms with van der Waals surface area (Å²) in [6, 6.07) is -8.99. The maximum Gasteiger partial charge on any atom is 0.303 e. The quantitative estimate of drug-likeness (QED) is 0.0311. The topological polar surface area (TPSA) is 359 Å². The van der Waals surface area contributed by atoms with Gasteiger partial charge in [0.2, 0.25) is 47.3 Å². The molecule has 0 unspecified atom stereocenters. The van der Waals surface area contributed by atoms with Crippen LogP contribution in [-0.4, -0.2) is 147 Å². The summed E-state index contributed by atoms with van der Waals surface area (Å²) >= 11 is 0. The van der Waals surface area contributed by atoms with Crippen LogP contribution < -0.4 is 48.7 Å². The number of nitrogens with two attached hydrogens (primary N) is 2. The highest BCUT2D eigenvalue weighted by Crippen LogP contribution is 2.21. The lowest BCUT2D eigenvalue weighted by molar-refractivity contribution is -0.144. The molecule has 2 heterocycles. The van der Waals surface area contributed by atoms with Crippen molar-refractivity contribution in [3.8, 4) is 0 Å². The first-order chi connectivity index (χ1) is 32.5. The number of carboxylic acid groups (broad SMARTS) is 1. The van der Waals surface area contributed by atoms with Crippen LogP contribution in [0.1, 0.15) is 119 Å². The van der Waals surface area contributed by atoms with E-state index in [1.54, 1.807) is 27.7 Å². The summed E-state index contributed by atoms with van der Waals surface area (Å²) in [7, 11) is 0. The van der Waals surface area contributed by atoms with Crippen LogP contribution in [0.15, 0.2) is 12.5 Å². The highest BCUT2D eigenvalue weighted by atomic mass is 16.4. The van der Waals surface area contributed by atoms with Crippen molar-refractivity contribution in [3.63, 3.8) is 0 Å². The number of aromatic nitrogens is 2. The molecule has 1 aromatic rings. The number of aldehydes is 1. The van der Waals surface area contributed by atoms with Gasteiger partial charge in [0.25, 0.3) is 0 Å². The summed E-state index contributed by atoms with van der Waals surface area (Å²) < 4.78 is 0. The Hall–Kier alpha value is -5.97. The second-order valence-corrected chi connectivity index (χ2v) is 18.9. The molecule has 0 aliphatic carbocycles. The normalized spacial score (nSPS) is 17.1. The van der Waals surface area contributed by atoms with Crippen LogP contribution in [0.2, 0.25) is 0 Å². The van der Waals surface area contributed by atoms with Crippen LogP contribution in [-0.2, 0) is 54.4 Å². The van der Waals surface area contributed by atoms with Gasteiger partial charge in [-0.15, -0.1) is 0 Å². The molecule has 1 aliphatic heterocycles. The number of unbranched alkanes of at least 4 members (excludes halogenated alkanes) is 1. The zero-order valence-electron chi connectivity index (χ0n) is 41.4. The first-order valence-corrected chi connectivity index (χ1v) is 24.0. The Balaban J connectivity index is 2.33. The zero-order chi connectivity index (χ0) is 52.0. The summed E-state index contributed by atoms with van der Waals surface area (Å²) in [4.78, 5) is 141. The minimum Gasteiger partial charge on any atom is -0.481 e. The van der Waals surface area contributed by atoms with E-state index in [2.05, 4.69) is 47.2 Å². The molecule has 0 bridgehead atoms. The van der Waals surface area contributed by atoms with E-state index in [0.29, 0.717) is 44.2 Å². The second kappa shape index (κ2) is 29.8. The van der Waals surface area contributed by atoms with Crippen molar-refractivity contribution < 1.29 is 53.1 Å². The van der Waals surface area contributed by atoms with Crippen molar-refractivity contribution in [1.82, 2.24) is 52.1 Å². The van der Waals surface area contributed by atoms with E-state index in [9.17, 15) is 53.1 Å². The molecule has 13 N–H and O–H groups in total. The van der Waals surface area contributed by atoms with E-state index in [4.69, 9.17) is 11.5 Å². The Kier molecular flexibility index (Phi) is 25.6. The lowest BCUT2D eigenvalue weighted by Crippen LogP contribution is -2.60. The highest BCUT2D eigenvalue weighted by molar-refractivity contribution is 5.98. The van der Waals surface area contributed by atoms with Crippen LogP contribution in [0.4, 0.5) is 0 Å². The summed E-state index contributed by atoms with van der Waals surface area (Å²) in [6.45, 7) is 14.1. The van der Waals surface area contributed by atoms with Crippen LogP contribution in [0.5, 0.6) is 0 Å². The fraction of sp³-hybridized carbons (Fsp3) is 0.717. The molecule has 2 rings (SSSR count). The van der Waals surface area contributed by atoms with E-state index >= 15 is 0 Å². The van der Waals surface area contributed by atoms with Gasteiger partial charge in [0.1, 0.15) is 42.5 Å². The molecule has 1 saturated heterocycles. The molecular formula is C46H78N12O11. The third-order valence-corrected chi connectivity index (χ3v) is 12.1. The number of carbonyl (C=O) groups excluding carboxylic acids is 9. The molecule has 1 aromatic heterocycles. The molecule has 1 aliphatic rings. The zero-order valence-corrected chi connectivity index (χ0v) is 41.4. The molecule has 8 amide bonds. The predicted molar refractivity (Wildman–Crippen MR) is 254 cm³/mol. The smallest absolute Gasteiger partial charge is 0.303 e. The number of hydrogen-bond acceptors (Lipinski definition) is 13. The molecule has 23 heteroatoms. The maximum atomic E-state index is 14.3.